The Kier molecular flexibility index (Phi) is 3.07. The highest BCUT2D eigenvalue weighted by Gasteiger charge is 2.34. The summed E-state index contributed by atoms with van der Waals surface area (Å²) in [6.45, 7) is 8.12. The molecule has 4 atom stereocenters. The van der Waals surface area contributed by atoms with Crippen molar-refractivity contribution in [2.24, 2.45) is 23.7 Å². The average Bonchev–Trinajstić information content (AvgIpc) is 2.45. The van der Waals surface area contributed by atoms with E-state index in [9.17, 15) is 4.79 Å². The third-order valence-electron chi connectivity index (χ3n) is 3.27. The molecular formula is C11H18O. The molecule has 0 unspecified atom stereocenters. The van der Waals surface area contributed by atoms with Crippen LogP contribution in [0.3, 0.4) is 0 Å². The summed E-state index contributed by atoms with van der Waals surface area (Å²) in [5.41, 5.74) is 0. The summed E-state index contributed by atoms with van der Waals surface area (Å²) < 4.78 is 0. The molecule has 0 radical (unpaired) electrons. The summed E-state index contributed by atoms with van der Waals surface area (Å²) in [7, 11) is 0. The Balaban J connectivity index is 2.65. The molecule has 1 heteroatoms. The molecule has 0 aromatic carbocycles. The zero-order chi connectivity index (χ0) is 9.14. The van der Waals surface area contributed by atoms with Crippen LogP contribution in [-0.4, -0.2) is 6.29 Å². The van der Waals surface area contributed by atoms with Crippen LogP contribution in [0.5, 0.6) is 0 Å². The Bertz CT molecular complexity index is 174. The summed E-state index contributed by atoms with van der Waals surface area (Å²) >= 11 is 0. The van der Waals surface area contributed by atoms with E-state index in [4.69, 9.17) is 0 Å². The Hall–Kier alpha value is -0.590. The van der Waals surface area contributed by atoms with Crippen LogP contribution < -0.4 is 0 Å². The number of hydrogen-bond donors (Lipinski definition) is 0. The van der Waals surface area contributed by atoms with Gasteiger partial charge in [0.15, 0.2) is 0 Å². The van der Waals surface area contributed by atoms with Crippen LogP contribution in [0, 0.1) is 23.7 Å². The first kappa shape index (κ1) is 9.50. The number of allylic oxidation sites excluding steroid dienone is 1. The molecule has 0 aromatic heterocycles. The molecule has 1 nitrogen and oxygen atoms in total. The molecule has 0 N–H and O–H groups in total. The molecule has 1 aliphatic rings. The van der Waals surface area contributed by atoms with Crippen LogP contribution in [0.25, 0.3) is 0 Å². The maximum absolute atomic E-state index is 10.6. The van der Waals surface area contributed by atoms with Crippen molar-refractivity contribution in [2.45, 2.75) is 26.7 Å². The average molecular weight is 166 g/mol. The molecule has 1 rings (SSSR count). The Morgan fingerprint density at radius 2 is 2.17 bits per heavy atom. The first-order chi connectivity index (χ1) is 5.70. The lowest BCUT2D eigenvalue weighted by molar-refractivity contribution is -0.112. The van der Waals surface area contributed by atoms with Gasteiger partial charge in [0.2, 0.25) is 0 Å². The molecule has 12 heavy (non-hydrogen) atoms. The van der Waals surface area contributed by atoms with Crippen molar-refractivity contribution in [3.05, 3.63) is 12.7 Å². The van der Waals surface area contributed by atoms with Crippen molar-refractivity contribution in [1.82, 2.24) is 0 Å². The van der Waals surface area contributed by atoms with Gasteiger partial charge in [-0.15, -0.1) is 6.58 Å². The van der Waals surface area contributed by atoms with Gasteiger partial charge in [-0.3, -0.25) is 0 Å². The SMILES string of the molecule is C=C[C@@H]1[C@@H]([C@@H](C)C=O)CC[C@@H]1C. The van der Waals surface area contributed by atoms with Gasteiger partial charge in [0.05, 0.1) is 0 Å². The number of rotatable bonds is 3. The van der Waals surface area contributed by atoms with Gasteiger partial charge in [-0.1, -0.05) is 19.9 Å². The van der Waals surface area contributed by atoms with E-state index in [2.05, 4.69) is 13.5 Å². The maximum Gasteiger partial charge on any atom is 0.123 e. The van der Waals surface area contributed by atoms with Gasteiger partial charge in [-0.25, -0.2) is 0 Å². The molecule has 0 heterocycles. The van der Waals surface area contributed by atoms with Crippen LogP contribution in [0.15, 0.2) is 12.7 Å². The molecule has 0 saturated heterocycles. The highest BCUT2D eigenvalue weighted by molar-refractivity contribution is 5.53. The van der Waals surface area contributed by atoms with Gasteiger partial charge >= 0.3 is 0 Å². The van der Waals surface area contributed by atoms with Gasteiger partial charge in [0, 0.05) is 5.92 Å². The fourth-order valence-electron chi connectivity index (χ4n) is 2.38. The van der Waals surface area contributed by atoms with E-state index in [1.54, 1.807) is 0 Å². The van der Waals surface area contributed by atoms with Crippen molar-refractivity contribution in [3.63, 3.8) is 0 Å². The van der Waals surface area contributed by atoms with Gasteiger partial charge in [0.25, 0.3) is 0 Å². The van der Waals surface area contributed by atoms with E-state index in [0.29, 0.717) is 11.8 Å². The molecule has 0 aliphatic heterocycles. The molecular weight excluding hydrogens is 148 g/mol. The minimum Gasteiger partial charge on any atom is -0.303 e. The largest absolute Gasteiger partial charge is 0.303 e. The zero-order valence-corrected chi connectivity index (χ0v) is 7.99. The van der Waals surface area contributed by atoms with Crippen molar-refractivity contribution in [2.75, 3.05) is 0 Å². The third kappa shape index (κ3) is 1.60. The molecule has 0 spiro atoms. The van der Waals surface area contributed by atoms with Crippen molar-refractivity contribution < 1.29 is 4.79 Å². The number of carbonyl (C=O) groups excluding carboxylic acids is 1. The zero-order valence-electron chi connectivity index (χ0n) is 7.99. The van der Waals surface area contributed by atoms with Crippen LogP contribution in [0.1, 0.15) is 26.7 Å². The molecule has 1 saturated carbocycles. The van der Waals surface area contributed by atoms with Gasteiger partial charge in [0.1, 0.15) is 6.29 Å². The first-order valence-electron chi connectivity index (χ1n) is 4.78. The number of hydrogen-bond acceptors (Lipinski definition) is 1. The Morgan fingerprint density at radius 3 is 2.67 bits per heavy atom. The van der Waals surface area contributed by atoms with E-state index in [1.165, 1.54) is 12.8 Å². The van der Waals surface area contributed by atoms with E-state index in [1.807, 2.05) is 13.0 Å². The monoisotopic (exact) mass is 166 g/mol. The fraction of sp³-hybridized carbons (Fsp3) is 0.727. The van der Waals surface area contributed by atoms with Crippen LogP contribution >= 0.6 is 0 Å². The van der Waals surface area contributed by atoms with Crippen molar-refractivity contribution in [3.8, 4) is 0 Å². The van der Waals surface area contributed by atoms with Gasteiger partial charge < -0.3 is 4.79 Å². The summed E-state index contributed by atoms with van der Waals surface area (Å²) in [6.07, 6.45) is 5.55. The summed E-state index contributed by atoms with van der Waals surface area (Å²) in [4.78, 5) is 10.6. The summed E-state index contributed by atoms with van der Waals surface area (Å²) in [5, 5.41) is 0. The van der Waals surface area contributed by atoms with E-state index in [-0.39, 0.29) is 5.92 Å². The second-order valence-corrected chi connectivity index (χ2v) is 4.03. The third-order valence-corrected chi connectivity index (χ3v) is 3.27. The fourth-order valence-corrected chi connectivity index (χ4v) is 2.38. The van der Waals surface area contributed by atoms with E-state index < -0.39 is 0 Å². The minimum absolute atomic E-state index is 0.206. The van der Waals surface area contributed by atoms with Gasteiger partial charge in [-0.05, 0) is 30.6 Å². The van der Waals surface area contributed by atoms with Crippen molar-refractivity contribution in [1.29, 1.82) is 0 Å². The molecule has 1 fully saturated rings. The quantitative estimate of drug-likeness (QED) is 0.465. The predicted octanol–water partition coefficient (Wildman–Crippen LogP) is 2.67. The van der Waals surface area contributed by atoms with E-state index in [0.717, 1.165) is 12.2 Å². The normalized spacial score (nSPS) is 37.7. The predicted molar refractivity (Wildman–Crippen MR) is 50.8 cm³/mol. The molecule has 68 valence electrons. The minimum atomic E-state index is 0.206. The number of carbonyl (C=O) groups is 1. The lowest BCUT2D eigenvalue weighted by Crippen LogP contribution is -2.18. The standard InChI is InChI=1S/C11H18O/c1-4-10-8(2)5-6-11(10)9(3)7-12/h4,7-11H,1,5-6H2,2-3H3/t8-,9-,10-,11+/m0/s1. The highest BCUT2D eigenvalue weighted by atomic mass is 16.1. The maximum atomic E-state index is 10.6. The lowest BCUT2D eigenvalue weighted by Gasteiger charge is -2.21. The Morgan fingerprint density at radius 1 is 1.50 bits per heavy atom. The van der Waals surface area contributed by atoms with E-state index >= 15 is 0 Å². The molecule has 0 aromatic rings. The number of aldehydes is 1. The Labute approximate surface area is 74.9 Å². The molecule has 1 aliphatic carbocycles. The highest BCUT2D eigenvalue weighted by Crippen LogP contribution is 2.40. The first-order valence-corrected chi connectivity index (χ1v) is 4.78. The second-order valence-electron chi connectivity index (χ2n) is 4.03. The molecule has 0 bridgehead atoms. The lowest BCUT2D eigenvalue weighted by atomic mass is 9.83. The van der Waals surface area contributed by atoms with Crippen LogP contribution in [-0.2, 0) is 4.79 Å². The van der Waals surface area contributed by atoms with Crippen molar-refractivity contribution >= 4 is 6.29 Å². The summed E-state index contributed by atoms with van der Waals surface area (Å²) in [6, 6.07) is 0. The topological polar surface area (TPSA) is 17.1 Å². The van der Waals surface area contributed by atoms with Gasteiger partial charge in [-0.2, -0.15) is 0 Å². The molecule has 0 amide bonds. The second kappa shape index (κ2) is 3.88. The van der Waals surface area contributed by atoms with Crippen LogP contribution in [0.4, 0.5) is 0 Å². The summed E-state index contributed by atoms with van der Waals surface area (Å²) in [5.74, 6) is 2.04. The van der Waals surface area contributed by atoms with Crippen LogP contribution in [0.2, 0.25) is 0 Å². The smallest absolute Gasteiger partial charge is 0.123 e.